The molecule has 0 heterocycles. The molecular formula is C16H20Ru. The second kappa shape index (κ2) is 6.91. The van der Waals surface area contributed by atoms with Crippen LogP contribution in [0.4, 0.5) is 0 Å². The van der Waals surface area contributed by atoms with E-state index in [1.54, 1.807) is 13.9 Å². The first kappa shape index (κ1) is 12.8. The first-order chi connectivity index (χ1) is 8.40. The first-order valence-corrected chi connectivity index (χ1v) is 8.18. The van der Waals surface area contributed by atoms with Gasteiger partial charge in [0, 0.05) is 0 Å². The molecule has 17 heavy (non-hydrogen) atoms. The van der Waals surface area contributed by atoms with Crippen molar-refractivity contribution >= 4 is 4.16 Å². The molecule has 0 nitrogen and oxygen atoms in total. The zero-order chi connectivity index (χ0) is 11.9. The average Bonchev–Trinajstić information content (AvgIpc) is 2.33. The number of hydrogen-bond acceptors (Lipinski definition) is 0. The van der Waals surface area contributed by atoms with Crippen molar-refractivity contribution in [1.82, 2.24) is 0 Å². The molecule has 0 fully saturated rings. The molecule has 0 saturated carbocycles. The third-order valence-electron chi connectivity index (χ3n) is 2.94. The van der Waals surface area contributed by atoms with Crippen LogP contribution in [0.5, 0.6) is 0 Å². The van der Waals surface area contributed by atoms with Crippen LogP contribution in [0.15, 0.2) is 46.7 Å². The number of aryl methyl sites for hydroxylation is 1. The van der Waals surface area contributed by atoms with E-state index in [2.05, 4.69) is 49.4 Å². The minimum atomic E-state index is 0.271. The van der Waals surface area contributed by atoms with Crippen molar-refractivity contribution in [2.24, 2.45) is 0 Å². The molecule has 0 amide bonds. The van der Waals surface area contributed by atoms with Gasteiger partial charge in [0.15, 0.2) is 0 Å². The Balaban J connectivity index is 2.08. The number of benzene rings is 1. The van der Waals surface area contributed by atoms with Crippen molar-refractivity contribution in [3.05, 3.63) is 52.2 Å². The van der Waals surface area contributed by atoms with Gasteiger partial charge in [-0.15, -0.1) is 0 Å². The molecule has 1 aliphatic rings. The molecule has 0 saturated heterocycles. The third-order valence-corrected chi connectivity index (χ3v) is 5.60. The summed E-state index contributed by atoms with van der Waals surface area (Å²) in [6.45, 7) is 2.26. The zero-order valence-corrected chi connectivity index (χ0v) is 12.2. The molecule has 1 aliphatic carbocycles. The van der Waals surface area contributed by atoms with Gasteiger partial charge in [-0.3, -0.25) is 0 Å². The SMILES string of the molecule is CCc1cccc[c]1[Ru][C]1=CCCC=CCC1. The molecule has 2 rings (SSSR count). The summed E-state index contributed by atoms with van der Waals surface area (Å²) in [5, 5.41) is 0. The molecule has 0 unspecified atom stereocenters. The van der Waals surface area contributed by atoms with Crippen molar-refractivity contribution in [1.29, 1.82) is 0 Å². The fourth-order valence-corrected chi connectivity index (χ4v) is 4.49. The molecule has 0 aliphatic heterocycles. The molecule has 1 heteroatoms. The van der Waals surface area contributed by atoms with E-state index < -0.39 is 0 Å². The summed E-state index contributed by atoms with van der Waals surface area (Å²) in [6, 6.07) is 8.96. The maximum absolute atomic E-state index is 2.49. The summed E-state index contributed by atoms with van der Waals surface area (Å²) in [4.78, 5) is 0. The van der Waals surface area contributed by atoms with Crippen LogP contribution in [0.2, 0.25) is 0 Å². The Bertz CT molecular complexity index is 415. The van der Waals surface area contributed by atoms with Crippen LogP contribution in [0.3, 0.4) is 0 Å². The summed E-state index contributed by atoms with van der Waals surface area (Å²) in [6.07, 6.45) is 13.3. The average molecular weight is 313 g/mol. The molecule has 0 aromatic heterocycles. The molecule has 0 atom stereocenters. The molecule has 0 radical (unpaired) electrons. The summed E-state index contributed by atoms with van der Waals surface area (Å²) in [7, 11) is 0. The fraction of sp³-hybridized carbons (Fsp3) is 0.375. The first-order valence-electron chi connectivity index (χ1n) is 6.44. The Morgan fingerprint density at radius 3 is 2.76 bits per heavy atom. The minimum absolute atomic E-state index is 0.271. The molecule has 1 aromatic rings. The van der Waals surface area contributed by atoms with E-state index in [0.717, 1.165) is 6.42 Å². The Morgan fingerprint density at radius 2 is 1.88 bits per heavy atom. The number of allylic oxidation sites excluding steroid dienone is 4. The maximum atomic E-state index is 2.49. The van der Waals surface area contributed by atoms with E-state index in [9.17, 15) is 0 Å². The van der Waals surface area contributed by atoms with E-state index in [1.165, 1.54) is 25.7 Å². The quantitative estimate of drug-likeness (QED) is 0.585. The van der Waals surface area contributed by atoms with Crippen LogP contribution >= 0.6 is 0 Å². The normalized spacial score (nSPS) is 16.4. The zero-order valence-electron chi connectivity index (χ0n) is 10.4. The van der Waals surface area contributed by atoms with Gasteiger partial charge in [-0.2, -0.15) is 0 Å². The molecule has 0 N–H and O–H groups in total. The van der Waals surface area contributed by atoms with Crippen molar-refractivity contribution in [2.45, 2.75) is 39.0 Å². The van der Waals surface area contributed by atoms with Crippen LogP contribution in [-0.2, 0) is 23.5 Å². The molecule has 0 spiro atoms. The summed E-state index contributed by atoms with van der Waals surface area (Å²) < 4.78 is 3.32. The van der Waals surface area contributed by atoms with E-state index >= 15 is 0 Å². The second-order valence-corrected chi connectivity index (χ2v) is 6.73. The van der Waals surface area contributed by atoms with Gasteiger partial charge in [0.2, 0.25) is 0 Å². The van der Waals surface area contributed by atoms with Gasteiger partial charge in [-0.05, 0) is 0 Å². The van der Waals surface area contributed by atoms with Crippen LogP contribution in [0.1, 0.15) is 38.2 Å². The molecule has 92 valence electrons. The van der Waals surface area contributed by atoms with Crippen LogP contribution in [-0.4, -0.2) is 0 Å². The predicted octanol–water partition coefficient (Wildman–Crippen LogP) is 3.97. The van der Waals surface area contributed by atoms with Gasteiger partial charge >= 0.3 is 113 Å². The number of rotatable bonds is 3. The van der Waals surface area contributed by atoms with Gasteiger partial charge < -0.3 is 0 Å². The van der Waals surface area contributed by atoms with Crippen molar-refractivity contribution < 1.29 is 17.1 Å². The van der Waals surface area contributed by atoms with E-state index in [0.29, 0.717) is 0 Å². The molecular weight excluding hydrogens is 293 g/mol. The van der Waals surface area contributed by atoms with Crippen LogP contribution in [0.25, 0.3) is 0 Å². The van der Waals surface area contributed by atoms with Crippen LogP contribution in [0, 0.1) is 0 Å². The van der Waals surface area contributed by atoms with E-state index in [4.69, 9.17) is 0 Å². The van der Waals surface area contributed by atoms with Gasteiger partial charge in [0.05, 0.1) is 0 Å². The van der Waals surface area contributed by atoms with Crippen LogP contribution < -0.4 is 4.16 Å². The topological polar surface area (TPSA) is 0 Å². The number of hydrogen-bond donors (Lipinski definition) is 0. The Labute approximate surface area is 112 Å². The Morgan fingerprint density at radius 1 is 1.06 bits per heavy atom. The van der Waals surface area contributed by atoms with Gasteiger partial charge in [0.25, 0.3) is 0 Å². The van der Waals surface area contributed by atoms with Crippen molar-refractivity contribution in [2.75, 3.05) is 0 Å². The third kappa shape index (κ3) is 3.93. The Hall–Kier alpha value is -0.677. The summed E-state index contributed by atoms with van der Waals surface area (Å²) >= 11 is 0.271. The Kier molecular flexibility index (Phi) is 5.19. The standard InChI is InChI=1S/C8H9.C8H11.Ru/c1-2-8-6-4-3-5-7-8;1-2-4-6-8-7-5-3-1;/h3-6H,2H2,1H3;1-2,7H,3-6H2;. The van der Waals surface area contributed by atoms with E-state index in [1.807, 2.05) is 0 Å². The van der Waals surface area contributed by atoms with E-state index in [-0.39, 0.29) is 17.1 Å². The van der Waals surface area contributed by atoms with Crippen molar-refractivity contribution in [3.8, 4) is 0 Å². The second-order valence-electron chi connectivity index (χ2n) is 4.24. The summed E-state index contributed by atoms with van der Waals surface area (Å²) in [5.41, 5.74) is 1.55. The van der Waals surface area contributed by atoms with Gasteiger partial charge in [-0.1, -0.05) is 0 Å². The van der Waals surface area contributed by atoms with Crippen molar-refractivity contribution in [3.63, 3.8) is 0 Å². The van der Waals surface area contributed by atoms with Gasteiger partial charge in [-0.25, -0.2) is 0 Å². The fourth-order valence-electron chi connectivity index (χ4n) is 1.95. The monoisotopic (exact) mass is 314 g/mol. The molecule has 1 aromatic carbocycles. The molecule has 0 bridgehead atoms. The summed E-state index contributed by atoms with van der Waals surface area (Å²) in [5.74, 6) is 0. The predicted molar refractivity (Wildman–Crippen MR) is 71.1 cm³/mol. The van der Waals surface area contributed by atoms with Gasteiger partial charge in [0.1, 0.15) is 0 Å².